The molecule has 5 amide bonds. The summed E-state index contributed by atoms with van der Waals surface area (Å²) in [6.07, 6.45) is 2.98. The SMILES string of the molecule is CC(C)[C@H](NC(=O)N[C@H](C(=O)N1C[C@H]2[C@@H]([C@H]1C(=O)NC(CC1CC1)C(=O)C(N)=O)C2(C)C)C(C)(C)C)C(=O)CCc1ccccc1. The molecule has 3 fully saturated rings. The van der Waals surface area contributed by atoms with E-state index in [9.17, 15) is 28.8 Å². The van der Waals surface area contributed by atoms with Crippen molar-refractivity contribution in [3.05, 3.63) is 35.9 Å². The van der Waals surface area contributed by atoms with Crippen LogP contribution >= 0.6 is 0 Å². The van der Waals surface area contributed by atoms with Crippen molar-refractivity contribution in [2.45, 2.75) is 105 Å². The van der Waals surface area contributed by atoms with Gasteiger partial charge in [-0.25, -0.2) is 4.79 Å². The number of Topliss-reactive ketones (excluding diaryl/α,β-unsaturated/α-hetero) is 2. The Bertz CT molecular complexity index is 1350. The van der Waals surface area contributed by atoms with Gasteiger partial charge in [0, 0.05) is 13.0 Å². The molecule has 2 saturated carbocycles. The van der Waals surface area contributed by atoms with Gasteiger partial charge in [0.05, 0.1) is 12.1 Å². The Balaban J connectivity index is 1.48. The summed E-state index contributed by atoms with van der Waals surface area (Å²) >= 11 is 0. The van der Waals surface area contributed by atoms with Crippen molar-refractivity contribution in [1.82, 2.24) is 20.9 Å². The summed E-state index contributed by atoms with van der Waals surface area (Å²) in [4.78, 5) is 80.5. The predicted octanol–water partition coefficient (Wildman–Crippen LogP) is 2.75. The normalized spacial score (nSPS) is 23.5. The standard InChI is InChI=1S/C35H51N5O6/c1-19(2)26(24(41)16-15-20-11-9-8-10-12-20)38-33(46)39-29(34(3,4)5)32(45)40-18-22-25(35(22,6)7)27(40)31(44)37-23(17-21-13-14-21)28(42)30(36)43/h8-12,19,21-23,25-27,29H,13-18H2,1-7H3,(H2,36,43)(H,37,44)(H2,38,39,46)/t22-,23?,25-,26-,27-,29+/m0/s1. The largest absolute Gasteiger partial charge is 0.363 e. The Morgan fingerprint density at radius 3 is 2.15 bits per heavy atom. The van der Waals surface area contributed by atoms with Gasteiger partial charge in [0.2, 0.25) is 17.6 Å². The van der Waals surface area contributed by atoms with Gasteiger partial charge in [-0.3, -0.25) is 24.0 Å². The highest BCUT2D eigenvalue weighted by Crippen LogP contribution is 2.65. The van der Waals surface area contributed by atoms with Crippen LogP contribution in [-0.2, 0) is 30.4 Å². The van der Waals surface area contributed by atoms with E-state index >= 15 is 0 Å². The van der Waals surface area contributed by atoms with Gasteiger partial charge in [0.1, 0.15) is 12.1 Å². The molecule has 0 radical (unpaired) electrons. The van der Waals surface area contributed by atoms with E-state index in [1.807, 2.05) is 65.0 Å². The minimum Gasteiger partial charge on any atom is -0.363 e. The lowest BCUT2D eigenvalue weighted by atomic mass is 9.85. The molecule has 0 aromatic heterocycles. The van der Waals surface area contributed by atoms with Gasteiger partial charge in [-0.1, -0.05) is 91.6 Å². The molecule has 0 bridgehead atoms. The van der Waals surface area contributed by atoms with Crippen LogP contribution in [0.15, 0.2) is 30.3 Å². The molecule has 4 rings (SSSR count). The molecule has 1 aromatic rings. The number of rotatable bonds is 14. The van der Waals surface area contributed by atoms with E-state index in [-0.39, 0.29) is 41.3 Å². The molecule has 1 aromatic carbocycles. The van der Waals surface area contributed by atoms with Gasteiger partial charge in [0.15, 0.2) is 5.78 Å². The summed E-state index contributed by atoms with van der Waals surface area (Å²) in [5.74, 6) is -2.94. The van der Waals surface area contributed by atoms with Crippen LogP contribution in [0.3, 0.4) is 0 Å². The first-order valence-corrected chi connectivity index (χ1v) is 16.5. The van der Waals surface area contributed by atoms with Crippen LogP contribution in [0, 0.1) is 34.5 Å². The number of likely N-dealkylation sites (tertiary alicyclic amines) is 1. The second-order valence-corrected chi connectivity index (χ2v) is 15.4. The maximum absolute atomic E-state index is 14.2. The Morgan fingerprint density at radius 2 is 1.61 bits per heavy atom. The second-order valence-electron chi connectivity index (χ2n) is 15.4. The summed E-state index contributed by atoms with van der Waals surface area (Å²) in [5.41, 5.74) is 5.40. The van der Waals surface area contributed by atoms with E-state index in [2.05, 4.69) is 29.8 Å². The van der Waals surface area contributed by atoms with Crippen molar-refractivity contribution < 1.29 is 28.8 Å². The zero-order chi connectivity index (χ0) is 34.1. The van der Waals surface area contributed by atoms with Crippen LogP contribution < -0.4 is 21.7 Å². The summed E-state index contributed by atoms with van der Waals surface area (Å²) < 4.78 is 0. The first-order valence-electron chi connectivity index (χ1n) is 16.5. The van der Waals surface area contributed by atoms with Crippen molar-refractivity contribution in [2.75, 3.05) is 6.54 Å². The highest BCUT2D eigenvalue weighted by molar-refractivity contribution is 6.37. The summed E-state index contributed by atoms with van der Waals surface area (Å²) in [7, 11) is 0. The number of amides is 5. The average molecular weight is 638 g/mol. The lowest BCUT2D eigenvalue weighted by Gasteiger charge is -2.38. The maximum atomic E-state index is 14.2. The quantitative estimate of drug-likeness (QED) is 0.229. The topological polar surface area (TPSA) is 168 Å². The molecule has 1 aliphatic heterocycles. The van der Waals surface area contributed by atoms with Crippen LogP contribution in [0.1, 0.15) is 79.7 Å². The maximum Gasteiger partial charge on any atom is 0.316 e. The number of hydrogen-bond donors (Lipinski definition) is 4. The molecule has 1 unspecified atom stereocenters. The molecule has 11 nitrogen and oxygen atoms in total. The number of nitrogens with one attached hydrogen (secondary N) is 3. The predicted molar refractivity (Wildman–Crippen MR) is 173 cm³/mol. The van der Waals surface area contributed by atoms with Crippen molar-refractivity contribution in [1.29, 1.82) is 0 Å². The minimum absolute atomic E-state index is 0.0722. The number of primary amides is 1. The van der Waals surface area contributed by atoms with Crippen LogP contribution in [0.2, 0.25) is 0 Å². The Kier molecular flexibility index (Phi) is 10.3. The zero-order valence-electron chi connectivity index (χ0n) is 28.2. The fraction of sp³-hybridized carbons (Fsp3) is 0.657. The van der Waals surface area contributed by atoms with E-state index in [4.69, 9.17) is 5.73 Å². The van der Waals surface area contributed by atoms with E-state index in [1.165, 1.54) is 4.90 Å². The lowest BCUT2D eigenvalue weighted by Crippen LogP contribution is -2.62. The molecule has 46 heavy (non-hydrogen) atoms. The van der Waals surface area contributed by atoms with Gasteiger partial charge >= 0.3 is 6.03 Å². The summed E-state index contributed by atoms with van der Waals surface area (Å²) in [5, 5.41) is 8.40. The van der Waals surface area contributed by atoms with Gasteiger partial charge in [0.25, 0.3) is 5.91 Å². The third-order valence-electron chi connectivity index (χ3n) is 10.1. The Morgan fingerprint density at radius 1 is 0.978 bits per heavy atom. The summed E-state index contributed by atoms with van der Waals surface area (Å²) in [6.45, 7) is 13.6. The molecule has 11 heteroatoms. The van der Waals surface area contributed by atoms with Gasteiger partial charge in [-0.05, 0) is 52.9 Å². The highest BCUT2D eigenvalue weighted by atomic mass is 16.2. The lowest BCUT2D eigenvalue weighted by molar-refractivity contribution is -0.145. The number of carbonyl (C=O) groups is 6. The molecule has 1 heterocycles. The number of aryl methyl sites for hydroxylation is 1. The molecule has 252 valence electrons. The van der Waals surface area contributed by atoms with E-state index in [1.54, 1.807) is 0 Å². The number of hydrogen-bond acceptors (Lipinski definition) is 6. The highest BCUT2D eigenvalue weighted by Gasteiger charge is 2.70. The molecule has 0 spiro atoms. The van der Waals surface area contributed by atoms with E-state index < -0.39 is 59.1 Å². The van der Waals surface area contributed by atoms with Crippen LogP contribution in [-0.4, -0.2) is 70.9 Å². The number of ketones is 2. The second kappa shape index (κ2) is 13.5. The molecular weight excluding hydrogens is 586 g/mol. The third kappa shape index (κ3) is 7.96. The van der Waals surface area contributed by atoms with Crippen molar-refractivity contribution in [3.63, 3.8) is 0 Å². The number of nitrogens with two attached hydrogens (primary N) is 1. The van der Waals surface area contributed by atoms with E-state index in [0.717, 1.165) is 18.4 Å². The Hall–Kier alpha value is -3.76. The van der Waals surface area contributed by atoms with Gasteiger partial charge in [-0.2, -0.15) is 0 Å². The molecule has 3 aliphatic rings. The number of fused-ring (bicyclic) bond motifs is 1. The monoisotopic (exact) mass is 637 g/mol. The van der Waals surface area contributed by atoms with Crippen molar-refractivity contribution in [2.24, 2.45) is 40.2 Å². The molecule has 2 aliphatic carbocycles. The van der Waals surface area contributed by atoms with Gasteiger partial charge in [-0.15, -0.1) is 0 Å². The van der Waals surface area contributed by atoms with Crippen LogP contribution in [0.5, 0.6) is 0 Å². The molecule has 1 saturated heterocycles. The molecule has 5 N–H and O–H groups in total. The van der Waals surface area contributed by atoms with Gasteiger partial charge < -0.3 is 26.6 Å². The fourth-order valence-corrected chi connectivity index (χ4v) is 6.98. The number of benzene rings is 1. The third-order valence-corrected chi connectivity index (χ3v) is 10.1. The summed E-state index contributed by atoms with van der Waals surface area (Å²) in [6, 6.07) is 5.37. The van der Waals surface area contributed by atoms with Crippen LogP contribution in [0.25, 0.3) is 0 Å². The number of carbonyl (C=O) groups excluding carboxylic acids is 6. The molecular formula is C35H51N5O6. The average Bonchev–Trinajstić information content (AvgIpc) is 3.83. The first kappa shape index (κ1) is 35.1. The smallest absolute Gasteiger partial charge is 0.316 e. The zero-order valence-corrected chi connectivity index (χ0v) is 28.2. The van der Waals surface area contributed by atoms with Crippen LogP contribution in [0.4, 0.5) is 4.79 Å². The number of piperidine rings is 1. The first-order chi connectivity index (χ1) is 21.4. The number of nitrogens with zero attached hydrogens (tertiary/aromatic N) is 1. The Labute approximate surface area is 272 Å². The van der Waals surface area contributed by atoms with Crippen molar-refractivity contribution >= 4 is 35.3 Å². The number of urea groups is 1. The fourth-order valence-electron chi connectivity index (χ4n) is 6.98. The van der Waals surface area contributed by atoms with Crippen molar-refractivity contribution in [3.8, 4) is 0 Å². The molecule has 6 atom stereocenters. The van der Waals surface area contributed by atoms with E-state index in [0.29, 0.717) is 19.4 Å². The minimum atomic E-state index is -1.10.